The zero-order valence-corrected chi connectivity index (χ0v) is 30.6. The summed E-state index contributed by atoms with van der Waals surface area (Å²) in [5.74, 6) is 5.77. The van der Waals surface area contributed by atoms with Crippen molar-refractivity contribution in [2.75, 3.05) is 6.61 Å². The summed E-state index contributed by atoms with van der Waals surface area (Å²) >= 11 is 0. The molecule has 0 aromatic heterocycles. The number of hydrogen-bond acceptors (Lipinski definition) is 3. The van der Waals surface area contributed by atoms with Gasteiger partial charge in [-0.05, 0) is 122 Å². The van der Waals surface area contributed by atoms with E-state index in [1.807, 2.05) is 24.3 Å². The Morgan fingerprint density at radius 1 is 0.848 bits per heavy atom. The van der Waals surface area contributed by atoms with Crippen molar-refractivity contribution >= 4 is 5.97 Å². The Kier molecular flexibility index (Phi) is 12.4. The first-order chi connectivity index (χ1) is 22.2. The highest BCUT2D eigenvalue weighted by Crippen LogP contribution is 2.67. The number of hydrogen-bond donors (Lipinski definition) is 0. The predicted molar refractivity (Wildman–Crippen MR) is 192 cm³/mol. The van der Waals surface area contributed by atoms with Crippen molar-refractivity contribution in [2.24, 2.45) is 46.3 Å². The largest absolute Gasteiger partial charge is 0.494 e. The smallest absolute Gasteiger partial charge is 0.338 e. The molecular weight excluding hydrogens is 564 g/mol. The lowest BCUT2D eigenvalue weighted by Gasteiger charge is -2.58. The van der Waals surface area contributed by atoms with Crippen LogP contribution in [0.1, 0.15) is 167 Å². The molecule has 3 saturated carbocycles. The van der Waals surface area contributed by atoms with Gasteiger partial charge in [-0.15, -0.1) is 0 Å². The van der Waals surface area contributed by atoms with E-state index >= 15 is 0 Å². The fourth-order valence-corrected chi connectivity index (χ4v) is 10.9. The van der Waals surface area contributed by atoms with Crippen LogP contribution in [0.25, 0.3) is 0 Å². The Labute approximate surface area is 283 Å². The Morgan fingerprint density at radius 2 is 1.59 bits per heavy atom. The molecule has 0 heterocycles. The molecule has 0 N–H and O–H groups in total. The van der Waals surface area contributed by atoms with Crippen LogP contribution >= 0.6 is 0 Å². The molecular formula is C43H68O3. The van der Waals surface area contributed by atoms with E-state index in [-0.39, 0.29) is 17.5 Å². The van der Waals surface area contributed by atoms with Crippen molar-refractivity contribution in [3.63, 3.8) is 0 Å². The van der Waals surface area contributed by atoms with Crippen molar-refractivity contribution in [1.29, 1.82) is 0 Å². The molecule has 258 valence electrons. The van der Waals surface area contributed by atoms with Crippen molar-refractivity contribution in [2.45, 2.75) is 163 Å². The van der Waals surface area contributed by atoms with Gasteiger partial charge in [0.05, 0.1) is 12.2 Å². The van der Waals surface area contributed by atoms with Gasteiger partial charge in [0.2, 0.25) is 0 Å². The van der Waals surface area contributed by atoms with E-state index in [9.17, 15) is 4.79 Å². The maximum absolute atomic E-state index is 13.2. The fraction of sp³-hybridized carbons (Fsp3) is 0.791. The van der Waals surface area contributed by atoms with E-state index in [2.05, 4.69) is 47.6 Å². The second-order valence-electron chi connectivity index (χ2n) is 17.1. The lowest BCUT2D eigenvalue weighted by molar-refractivity contribution is -0.0594. The van der Waals surface area contributed by atoms with Crippen molar-refractivity contribution < 1.29 is 14.3 Å². The quantitative estimate of drug-likeness (QED) is 0.103. The van der Waals surface area contributed by atoms with Gasteiger partial charge in [-0.2, -0.15) is 0 Å². The van der Waals surface area contributed by atoms with Gasteiger partial charge in [0.25, 0.3) is 0 Å². The maximum atomic E-state index is 13.2. The topological polar surface area (TPSA) is 35.5 Å². The molecule has 46 heavy (non-hydrogen) atoms. The molecule has 4 aliphatic rings. The van der Waals surface area contributed by atoms with Gasteiger partial charge >= 0.3 is 5.97 Å². The summed E-state index contributed by atoms with van der Waals surface area (Å²) in [6.45, 7) is 15.6. The lowest BCUT2D eigenvalue weighted by atomic mass is 9.47. The van der Waals surface area contributed by atoms with Crippen LogP contribution in [-0.4, -0.2) is 18.7 Å². The third-order valence-electron chi connectivity index (χ3n) is 13.6. The first kappa shape index (κ1) is 35.5. The number of fused-ring (bicyclic) bond motifs is 5. The number of allylic oxidation sites excluding steroid dienone is 1. The van der Waals surface area contributed by atoms with Gasteiger partial charge in [-0.1, -0.05) is 111 Å². The number of esters is 1. The minimum absolute atomic E-state index is 0.00645. The van der Waals surface area contributed by atoms with E-state index in [4.69, 9.17) is 9.47 Å². The van der Waals surface area contributed by atoms with Crippen LogP contribution in [-0.2, 0) is 4.74 Å². The summed E-state index contributed by atoms with van der Waals surface area (Å²) in [6, 6.07) is 7.60. The minimum atomic E-state index is -0.186. The van der Waals surface area contributed by atoms with Gasteiger partial charge in [0.15, 0.2) is 0 Å². The molecule has 1 aromatic carbocycles. The average Bonchev–Trinajstić information content (AvgIpc) is 3.40. The molecule has 0 aliphatic heterocycles. The normalized spacial score (nSPS) is 32.7. The van der Waals surface area contributed by atoms with Gasteiger partial charge in [0, 0.05) is 6.42 Å². The summed E-state index contributed by atoms with van der Waals surface area (Å²) in [7, 11) is 0. The summed E-state index contributed by atoms with van der Waals surface area (Å²) in [6.07, 6.45) is 25.7. The predicted octanol–water partition coefficient (Wildman–Crippen LogP) is 12.4. The zero-order valence-electron chi connectivity index (χ0n) is 30.6. The highest BCUT2D eigenvalue weighted by Gasteiger charge is 2.59. The number of carbonyl (C=O) groups is 1. The number of benzene rings is 1. The number of ether oxygens (including phenoxy) is 2. The SMILES string of the molecule is CCCCCCCCCOc1ccc(C(=O)O[C@H]2CC[C@@]3(C)C(=CC[C@H]4[C@@H]5CC[C@H]([C@@H](C)CCCC(C)C)[C@@]5(C)CC[C@@H]43)C2)cc1. The molecule has 4 aliphatic carbocycles. The van der Waals surface area contributed by atoms with Crippen molar-refractivity contribution in [3.05, 3.63) is 41.5 Å². The Balaban J connectivity index is 1.10. The van der Waals surface area contributed by atoms with Crippen LogP contribution in [0.4, 0.5) is 0 Å². The van der Waals surface area contributed by atoms with Crippen LogP contribution in [0.5, 0.6) is 5.75 Å². The van der Waals surface area contributed by atoms with Crippen molar-refractivity contribution in [3.8, 4) is 5.75 Å². The first-order valence-corrected chi connectivity index (χ1v) is 19.8. The molecule has 3 nitrogen and oxygen atoms in total. The standard InChI is InChI=1S/C43H68O3/c1-7-8-9-10-11-12-13-29-45-35-20-17-33(18-21-35)41(44)46-36-25-27-42(5)34(30-36)19-22-37-39-24-23-38(32(4)16-14-15-31(2)3)43(39,6)28-26-40(37)42/h17-21,31-32,36-40H,7-16,22-30H2,1-6H3/t32-,36-,37-,38+,39-,40-,42-,43+/m0/s1. The van der Waals surface area contributed by atoms with Gasteiger partial charge < -0.3 is 9.47 Å². The van der Waals surface area contributed by atoms with E-state index < -0.39 is 0 Å². The summed E-state index contributed by atoms with van der Waals surface area (Å²) in [4.78, 5) is 13.2. The molecule has 0 spiro atoms. The molecule has 0 saturated heterocycles. The molecule has 0 amide bonds. The van der Waals surface area contributed by atoms with Gasteiger partial charge in [-0.3, -0.25) is 0 Å². The summed E-state index contributed by atoms with van der Waals surface area (Å²) in [5.41, 5.74) is 3.03. The Morgan fingerprint density at radius 3 is 2.33 bits per heavy atom. The van der Waals surface area contributed by atoms with Gasteiger partial charge in [0.1, 0.15) is 11.9 Å². The monoisotopic (exact) mass is 633 g/mol. The lowest BCUT2D eigenvalue weighted by Crippen LogP contribution is -2.51. The molecule has 3 heteroatoms. The van der Waals surface area contributed by atoms with Crippen LogP contribution in [0.15, 0.2) is 35.9 Å². The molecule has 8 atom stereocenters. The highest BCUT2D eigenvalue weighted by atomic mass is 16.5. The molecule has 0 bridgehead atoms. The highest BCUT2D eigenvalue weighted by molar-refractivity contribution is 5.89. The van der Waals surface area contributed by atoms with Crippen LogP contribution in [0, 0.1) is 46.3 Å². The van der Waals surface area contributed by atoms with E-state index in [0.29, 0.717) is 11.0 Å². The van der Waals surface area contributed by atoms with Crippen LogP contribution in [0.3, 0.4) is 0 Å². The van der Waals surface area contributed by atoms with E-state index in [1.54, 1.807) is 5.57 Å². The average molecular weight is 633 g/mol. The maximum Gasteiger partial charge on any atom is 0.338 e. The third kappa shape index (κ3) is 8.08. The third-order valence-corrected chi connectivity index (χ3v) is 13.6. The van der Waals surface area contributed by atoms with E-state index in [1.165, 1.54) is 89.9 Å². The molecule has 1 aromatic rings. The minimum Gasteiger partial charge on any atom is -0.494 e. The van der Waals surface area contributed by atoms with Crippen molar-refractivity contribution in [1.82, 2.24) is 0 Å². The number of unbranched alkanes of at least 4 members (excludes halogenated alkanes) is 6. The van der Waals surface area contributed by atoms with E-state index in [0.717, 1.165) is 73.5 Å². The second kappa shape index (κ2) is 16.1. The molecule has 0 radical (unpaired) electrons. The Bertz CT molecular complexity index is 1140. The van der Waals surface area contributed by atoms with Gasteiger partial charge in [-0.25, -0.2) is 4.79 Å². The van der Waals surface area contributed by atoms with Crippen LogP contribution in [0.2, 0.25) is 0 Å². The number of rotatable bonds is 16. The Hall–Kier alpha value is -1.77. The zero-order chi connectivity index (χ0) is 32.7. The fourth-order valence-electron chi connectivity index (χ4n) is 10.9. The molecule has 5 rings (SSSR count). The summed E-state index contributed by atoms with van der Waals surface area (Å²) in [5, 5.41) is 0. The second-order valence-corrected chi connectivity index (χ2v) is 17.1. The molecule has 3 fully saturated rings. The summed E-state index contributed by atoms with van der Waals surface area (Å²) < 4.78 is 12.1. The first-order valence-electron chi connectivity index (χ1n) is 19.8. The number of carbonyl (C=O) groups excluding carboxylic acids is 1. The molecule has 0 unspecified atom stereocenters. The van der Waals surface area contributed by atoms with Crippen LogP contribution < -0.4 is 4.74 Å².